The highest BCUT2D eigenvalue weighted by Crippen LogP contribution is 2.57. The fourth-order valence-corrected chi connectivity index (χ4v) is 6.93. The zero-order valence-corrected chi connectivity index (χ0v) is 20.3. The minimum absolute atomic E-state index is 0.0576. The maximum atomic E-state index is 12.5. The molecular weight excluding hydrogens is 402 g/mol. The smallest absolute Gasteiger partial charge is 0.407 e. The number of amides is 2. The Morgan fingerprint density at radius 1 is 1.16 bits per heavy atom. The molecule has 4 atom stereocenters. The molecule has 0 radical (unpaired) electrons. The van der Waals surface area contributed by atoms with Crippen LogP contribution in [0.25, 0.3) is 0 Å². The maximum absolute atomic E-state index is 12.5. The SMILES string of the molecule is CC(C)(C)C1CN(c2ccc3c(c2)[C@@]2(C)CCC[C@](C)(C(N)=O)[C@@H]2CC3)CCN1C(=O)O. The van der Waals surface area contributed by atoms with Crippen LogP contribution in [0.15, 0.2) is 18.2 Å². The number of nitrogens with two attached hydrogens (primary N) is 1. The number of fused-ring (bicyclic) bond motifs is 3. The van der Waals surface area contributed by atoms with E-state index in [4.69, 9.17) is 5.73 Å². The first kappa shape index (κ1) is 22.9. The number of nitrogens with zero attached hydrogens (tertiary/aromatic N) is 2. The van der Waals surface area contributed by atoms with Crippen LogP contribution in [0.2, 0.25) is 0 Å². The van der Waals surface area contributed by atoms with Gasteiger partial charge in [-0.3, -0.25) is 4.79 Å². The van der Waals surface area contributed by atoms with Crippen molar-refractivity contribution in [2.75, 3.05) is 24.5 Å². The van der Waals surface area contributed by atoms with Gasteiger partial charge in [0.1, 0.15) is 0 Å². The second kappa shape index (κ2) is 7.67. The largest absolute Gasteiger partial charge is 0.465 e. The van der Waals surface area contributed by atoms with Gasteiger partial charge in [0.25, 0.3) is 0 Å². The molecule has 3 N–H and O–H groups in total. The van der Waals surface area contributed by atoms with Crippen molar-refractivity contribution in [2.45, 2.75) is 78.2 Å². The number of aryl methyl sites for hydroxylation is 1. The van der Waals surface area contributed by atoms with Gasteiger partial charge in [0.2, 0.25) is 5.91 Å². The zero-order valence-electron chi connectivity index (χ0n) is 20.3. The summed E-state index contributed by atoms with van der Waals surface area (Å²) in [6, 6.07) is 6.73. The normalized spacial score (nSPS) is 32.8. The molecule has 2 aliphatic carbocycles. The van der Waals surface area contributed by atoms with Gasteiger partial charge >= 0.3 is 6.09 Å². The van der Waals surface area contributed by atoms with Crippen LogP contribution < -0.4 is 10.6 Å². The van der Waals surface area contributed by atoms with Crippen LogP contribution in [0.3, 0.4) is 0 Å². The van der Waals surface area contributed by atoms with E-state index in [2.05, 4.69) is 57.7 Å². The van der Waals surface area contributed by atoms with Crippen LogP contribution >= 0.6 is 0 Å². The highest BCUT2D eigenvalue weighted by atomic mass is 16.4. The van der Waals surface area contributed by atoms with E-state index in [9.17, 15) is 14.7 Å². The number of rotatable bonds is 2. The second-order valence-corrected chi connectivity index (χ2v) is 11.8. The summed E-state index contributed by atoms with van der Waals surface area (Å²) in [6.45, 7) is 12.6. The molecule has 1 saturated heterocycles. The van der Waals surface area contributed by atoms with Crippen molar-refractivity contribution in [1.29, 1.82) is 0 Å². The van der Waals surface area contributed by atoms with E-state index in [1.54, 1.807) is 4.90 Å². The summed E-state index contributed by atoms with van der Waals surface area (Å²) < 4.78 is 0. The summed E-state index contributed by atoms with van der Waals surface area (Å²) in [5.41, 5.74) is 9.19. The highest BCUT2D eigenvalue weighted by molar-refractivity contribution is 5.81. The standard InChI is InChI=1S/C26H39N3O3/c1-24(2,3)21-16-28(13-14-29(21)23(31)32)18-9-7-17-8-10-20-25(4,19(17)15-18)11-6-12-26(20,5)22(27)30/h7,9,15,20-21H,6,8,10-14,16H2,1-5H3,(H2,27,30)(H,31,32)/t20-,21?,25-,26+/m1/s1. The Bertz CT molecular complexity index is 923. The molecule has 32 heavy (non-hydrogen) atoms. The van der Waals surface area contributed by atoms with Crippen molar-refractivity contribution in [3.63, 3.8) is 0 Å². The van der Waals surface area contributed by atoms with E-state index < -0.39 is 11.5 Å². The number of carbonyl (C=O) groups excluding carboxylic acids is 1. The Kier molecular flexibility index (Phi) is 5.50. The first-order valence-corrected chi connectivity index (χ1v) is 12.1. The third-order valence-electron chi connectivity index (χ3n) is 8.90. The average molecular weight is 442 g/mol. The van der Waals surface area contributed by atoms with Crippen molar-refractivity contribution in [3.05, 3.63) is 29.3 Å². The van der Waals surface area contributed by atoms with Gasteiger partial charge in [0.05, 0.1) is 6.04 Å². The first-order valence-electron chi connectivity index (χ1n) is 12.1. The Balaban J connectivity index is 1.68. The maximum Gasteiger partial charge on any atom is 0.407 e. The summed E-state index contributed by atoms with van der Waals surface area (Å²) in [7, 11) is 0. The minimum atomic E-state index is -0.835. The number of hydrogen-bond acceptors (Lipinski definition) is 3. The van der Waals surface area contributed by atoms with Gasteiger partial charge in [-0.05, 0) is 65.7 Å². The molecule has 3 aliphatic rings. The van der Waals surface area contributed by atoms with E-state index in [0.717, 1.165) is 37.8 Å². The molecular formula is C26H39N3O3. The molecule has 1 saturated carbocycles. The zero-order chi connectivity index (χ0) is 23.5. The number of anilines is 1. The molecule has 2 amide bonds. The third-order valence-corrected chi connectivity index (χ3v) is 8.90. The Labute approximate surface area is 192 Å². The van der Waals surface area contributed by atoms with Crippen molar-refractivity contribution >= 4 is 17.7 Å². The number of carboxylic acid groups (broad SMARTS) is 1. The van der Waals surface area contributed by atoms with Crippen LogP contribution in [0.1, 0.15) is 71.4 Å². The molecule has 6 heteroatoms. The van der Waals surface area contributed by atoms with Gasteiger partial charge in [-0.2, -0.15) is 0 Å². The van der Waals surface area contributed by atoms with Crippen molar-refractivity contribution in [1.82, 2.24) is 4.90 Å². The van der Waals surface area contributed by atoms with E-state index in [1.165, 1.54) is 11.1 Å². The fourth-order valence-electron chi connectivity index (χ4n) is 6.93. The third kappa shape index (κ3) is 3.56. The monoisotopic (exact) mass is 441 g/mol. The highest BCUT2D eigenvalue weighted by Gasteiger charge is 2.54. The number of benzene rings is 1. The topological polar surface area (TPSA) is 86.9 Å². The van der Waals surface area contributed by atoms with Gasteiger partial charge < -0.3 is 20.6 Å². The van der Waals surface area contributed by atoms with Gasteiger partial charge in [-0.1, -0.05) is 47.1 Å². The summed E-state index contributed by atoms with van der Waals surface area (Å²) in [4.78, 5) is 28.3. The summed E-state index contributed by atoms with van der Waals surface area (Å²) in [6.07, 6.45) is 4.12. The van der Waals surface area contributed by atoms with E-state index in [-0.39, 0.29) is 28.7 Å². The molecule has 1 unspecified atom stereocenters. The van der Waals surface area contributed by atoms with Crippen LogP contribution in [0, 0.1) is 16.7 Å². The minimum Gasteiger partial charge on any atom is -0.465 e. The Morgan fingerprint density at radius 2 is 1.88 bits per heavy atom. The molecule has 176 valence electrons. The molecule has 1 aromatic rings. The molecule has 1 heterocycles. The number of hydrogen-bond donors (Lipinski definition) is 2. The Hall–Kier alpha value is -2.24. The lowest BCUT2D eigenvalue weighted by atomic mass is 9.49. The second-order valence-electron chi connectivity index (χ2n) is 11.8. The number of primary amides is 1. The van der Waals surface area contributed by atoms with Crippen LogP contribution in [0.5, 0.6) is 0 Å². The number of carbonyl (C=O) groups is 2. The fraction of sp³-hybridized carbons (Fsp3) is 0.692. The quantitative estimate of drug-likeness (QED) is 0.712. The van der Waals surface area contributed by atoms with Crippen LogP contribution in [-0.4, -0.2) is 47.7 Å². The lowest BCUT2D eigenvalue weighted by Gasteiger charge is -2.54. The average Bonchev–Trinajstić information content (AvgIpc) is 2.72. The Morgan fingerprint density at radius 3 is 2.50 bits per heavy atom. The van der Waals surface area contributed by atoms with E-state index >= 15 is 0 Å². The van der Waals surface area contributed by atoms with Gasteiger partial charge in [0.15, 0.2) is 0 Å². The summed E-state index contributed by atoms with van der Waals surface area (Å²) in [5, 5.41) is 9.71. The first-order chi connectivity index (χ1) is 14.9. The lowest BCUT2D eigenvalue weighted by molar-refractivity contribution is -0.135. The van der Waals surface area contributed by atoms with Gasteiger partial charge in [-0.15, -0.1) is 0 Å². The van der Waals surface area contributed by atoms with Crippen molar-refractivity contribution in [3.8, 4) is 0 Å². The molecule has 0 spiro atoms. The van der Waals surface area contributed by atoms with Crippen LogP contribution in [0.4, 0.5) is 10.5 Å². The van der Waals surface area contributed by atoms with E-state index in [0.29, 0.717) is 19.6 Å². The molecule has 6 nitrogen and oxygen atoms in total. The van der Waals surface area contributed by atoms with Gasteiger partial charge in [0, 0.05) is 30.7 Å². The molecule has 4 rings (SSSR count). The molecule has 1 aliphatic heterocycles. The predicted octanol–water partition coefficient (Wildman–Crippen LogP) is 4.40. The molecule has 1 aromatic carbocycles. The van der Waals surface area contributed by atoms with Gasteiger partial charge in [-0.25, -0.2) is 4.79 Å². The molecule has 2 fully saturated rings. The molecule has 0 bridgehead atoms. The molecule has 0 aromatic heterocycles. The van der Waals surface area contributed by atoms with Crippen molar-refractivity contribution in [2.24, 2.45) is 22.5 Å². The van der Waals surface area contributed by atoms with Crippen molar-refractivity contribution < 1.29 is 14.7 Å². The number of piperazine rings is 1. The van der Waals surface area contributed by atoms with E-state index in [1.807, 2.05) is 0 Å². The summed E-state index contributed by atoms with van der Waals surface area (Å²) >= 11 is 0. The summed E-state index contributed by atoms with van der Waals surface area (Å²) in [5.74, 6) is 0.0982. The predicted molar refractivity (Wildman–Crippen MR) is 127 cm³/mol. The van der Waals surface area contributed by atoms with Crippen LogP contribution in [-0.2, 0) is 16.6 Å². The lowest BCUT2D eigenvalue weighted by Crippen LogP contribution is -2.59.